The first-order valence-electron chi connectivity index (χ1n) is 10.7. The highest BCUT2D eigenvalue weighted by Crippen LogP contribution is 2.29. The zero-order chi connectivity index (χ0) is 20.2. The van der Waals surface area contributed by atoms with Crippen LogP contribution in [0.3, 0.4) is 0 Å². The molecule has 2 aromatic rings. The second kappa shape index (κ2) is 8.68. The average molecular weight is 392 g/mol. The normalized spacial score (nSPS) is 16.7. The van der Waals surface area contributed by atoms with Crippen LogP contribution in [0.4, 0.5) is 11.4 Å². The summed E-state index contributed by atoms with van der Waals surface area (Å²) in [6, 6.07) is 13.3. The topological polar surface area (TPSA) is 52.7 Å². The third-order valence-electron chi connectivity index (χ3n) is 5.89. The molecule has 152 valence electrons. The van der Waals surface area contributed by atoms with E-state index in [9.17, 15) is 9.59 Å². The standard InChI is InChI=1S/C24H29N3O2/c1-18-7-9-19(10-8-18)23(28)25-20-11-12-22(26-13-3-2-4-14-26)21(17-20)24(29)27-15-5-6-16-27/h7-12,17H,2-6,13-16H2,1H3,(H,25,28). The number of hydrogen-bond donors (Lipinski definition) is 1. The molecule has 0 spiro atoms. The first kappa shape index (κ1) is 19.5. The molecule has 0 atom stereocenters. The minimum Gasteiger partial charge on any atom is -0.371 e. The van der Waals surface area contributed by atoms with Crippen LogP contribution < -0.4 is 10.2 Å². The molecule has 2 amide bonds. The Labute approximate surface area is 172 Å². The van der Waals surface area contributed by atoms with Gasteiger partial charge in [-0.05, 0) is 69.4 Å². The second-order valence-corrected chi connectivity index (χ2v) is 8.10. The summed E-state index contributed by atoms with van der Waals surface area (Å²) >= 11 is 0. The van der Waals surface area contributed by atoms with Crippen LogP contribution in [-0.4, -0.2) is 42.9 Å². The van der Waals surface area contributed by atoms with Gasteiger partial charge in [0.05, 0.1) is 5.56 Å². The minimum atomic E-state index is -0.157. The highest BCUT2D eigenvalue weighted by molar-refractivity contribution is 6.06. The molecule has 29 heavy (non-hydrogen) atoms. The van der Waals surface area contributed by atoms with Crippen molar-refractivity contribution in [2.24, 2.45) is 0 Å². The number of piperidine rings is 1. The molecule has 5 heteroatoms. The summed E-state index contributed by atoms with van der Waals surface area (Å²) in [5.41, 5.74) is 4.10. The number of aryl methyl sites for hydroxylation is 1. The van der Waals surface area contributed by atoms with Gasteiger partial charge in [0.25, 0.3) is 11.8 Å². The molecule has 2 aromatic carbocycles. The molecule has 2 fully saturated rings. The number of nitrogens with one attached hydrogen (secondary N) is 1. The van der Waals surface area contributed by atoms with Gasteiger partial charge < -0.3 is 15.1 Å². The Bertz CT molecular complexity index is 879. The van der Waals surface area contributed by atoms with Crippen molar-refractivity contribution in [3.8, 4) is 0 Å². The Hall–Kier alpha value is -2.82. The molecule has 0 aliphatic carbocycles. The summed E-state index contributed by atoms with van der Waals surface area (Å²) in [6.45, 7) is 5.60. The van der Waals surface area contributed by atoms with Gasteiger partial charge in [-0.3, -0.25) is 9.59 Å². The molecule has 2 aliphatic rings. The second-order valence-electron chi connectivity index (χ2n) is 8.10. The zero-order valence-corrected chi connectivity index (χ0v) is 17.1. The molecule has 0 radical (unpaired) electrons. The molecule has 0 bridgehead atoms. The van der Waals surface area contributed by atoms with Gasteiger partial charge in [-0.2, -0.15) is 0 Å². The first-order chi connectivity index (χ1) is 14.1. The van der Waals surface area contributed by atoms with E-state index in [1.165, 1.54) is 6.42 Å². The Morgan fingerprint density at radius 1 is 0.828 bits per heavy atom. The molecule has 5 nitrogen and oxygen atoms in total. The zero-order valence-electron chi connectivity index (χ0n) is 17.1. The lowest BCUT2D eigenvalue weighted by Crippen LogP contribution is -2.34. The van der Waals surface area contributed by atoms with Gasteiger partial charge in [0.1, 0.15) is 0 Å². The van der Waals surface area contributed by atoms with E-state index in [2.05, 4.69) is 10.2 Å². The third-order valence-corrected chi connectivity index (χ3v) is 5.89. The van der Waals surface area contributed by atoms with Gasteiger partial charge in [0, 0.05) is 43.1 Å². The molecule has 2 aliphatic heterocycles. The molecule has 0 aromatic heterocycles. The lowest BCUT2D eigenvalue weighted by molar-refractivity contribution is 0.0793. The SMILES string of the molecule is Cc1ccc(C(=O)Nc2ccc(N3CCCCC3)c(C(=O)N3CCCC3)c2)cc1. The van der Waals surface area contributed by atoms with E-state index in [0.29, 0.717) is 16.8 Å². The molecular formula is C24H29N3O2. The predicted octanol–water partition coefficient (Wildman–Crippen LogP) is 4.47. The summed E-state index contributed by atoms with van der Waals surface area (Å²) in [5.74, 6) is -0.0789. The number of amides is 2. The lowest BCUT2D eigenvalue weighted by Gasteiger charge is -2.31. The Morgan fingerprint density at radius 2 is 1.48 bits per heavy atom. The van der Waals surface area contributed by atoms with E-state index in [1.807, 2.05) is 54.3 Å². The summed E-state index contributed by atoms with van der Waals surface area (Å²) in [4.78, 5) is 30.1. The lowest BCUT2D eigenvalue weighted by atomic mass is 10.0. The number of anilines is 2. The highest BCUT2D eigenvalue weighted by atomic mass is 16.2. The summed E-state index contributed by atoms with van der Waals surface area (Å²) < 4.78 is 0. The van der Waals surface area contributed by atoms with Crippen LogP contribution in [0.2, 0.25) is 0 Å². The molecular weight excluding hydrogens is 362 g/mol. The molecule has 2 heterocycles. The van der Waals surface area contributed by atoms with Crippen LogP contribution in [0.1, 0.15) is 58.4 Å². The van der Waals surface area contributed by atoms with E-state index in [1.54, 1.807) is 0 Å². The number of rotatable bonds is 4. The van der Waals surface area contributed by atoms with E-state index in [0.717, 1.165) is 63.1 Å². The largest absolute Gasteiger partial charge is 0.371 e. The Kier molecular flexibility index (Phi) is 5.84. The Morgan fingerprint density at radius 3 is 2.17 bits per heavy atom. The number of benzene rings is 2. The van der Waals surface area contributed by atoms with Crippen molar-refractivity contribution in [2.45, 2.75) is 39.0 Å². The molecule has 4 rings (SSSR count). The van der Waals surface area contributed by atoms with E-state index in [-0.39, 0.29) is 11.8 Å². The first-order valence-corrected chi connectivity index (χ1v) is 10.7. The van der Waals surface area contributed by atoms with E-state index >= 15 is 0 Å². The molecule has 0 unspecified atom stereocenters. The fraction of sp³-hybridized carbons (Fsp3) is 0.417. The maximum Gasteiger partial charge on any atom is 0.256 e. The van der Waals surface area contributed by atoms with Crippen molar-refractivity contribution in [1.29, 1.82) is 0 Å². The van der Waals surface area contributed by atoms with Crippen molar-refractivity contribution in [1.82, 2.24) is 4.90 Å². The Balaban J connectivity index is 1.61. The van der Waals surface area contributed by atoms with Gasteiger partial charge in [-0.15, -0.1) is 0 Å². The average Bonchev–Trinajstić information content (AvgIpc) is 3.29. The van der Waals surface area contributed by atoms with Gasteiger partial charge in [-0.1, -0.05) is 17.7 Å². The minimum absolute atomic E-state index is 0.0782. The fourth-order valence-electron chi connectivity index (χ4n) is 4.19. The van der Waals surface area contributed by atoms with Crippen molar-refractivity contribution in [3.05, 3.63) is 59.2 Å². The number of hydrogen-bond acceptors (Lipinski definition) is 3. The van der Waals surface area contributed by atoms with Gasteiger partial charge in [-0.25, -0.2) is 0 Å². The quantitative estimate of drug-likeness (QED) is 0.836. The van der Waals surface area contributed by atoms with Crippen LogP contribution in [0.15, 0.2) is 42.5 Å². The number of carbonyl (C=O) groups is 2. The molecule has 2 saturated heterocycles. The van der Waals surface area contributed by atoms with Crippen LogP contribution in [-0.2, 0) is 0 Å². The van der Waals surface area contributed by atoms with Crippen molar-refractivity contribution in [2.75, 3.05) is 36.4 Å². The van der Waals surface area contributed by atoms with Crippen molar-refractivity contribution >= 4 is 23.2 Å². The molecule has 0 saturated carbocycles. The van der Waals surface area contributed by atoms with Crippen LogP contribution >= 0.6 is 0 Å². The summed E-state index contributed by atoms with van der Waals surface area (Å²) in [5, 5.41) is 2.97. The van der Waals surface area contributed by atoms with Gasteiger partial charge in [0.15, 0.2) is 0 Å². The summed E-state index contributed by atoms with van der Waals surface area (Å²) in [6.07, 6.45) is 5.69. The van der Waals surface area contributed by atoms with E-state index < -0.39 is 0 Å². The van der Waals surface area contributed by atoms with Crippen molar-refractivity contribution < 1.29 is 9.59 Å². The van der Waals surface area contributed by atoms with Crippen molar-refractivity contribution in [3.63, 3.8) is 0 Å². The number of carbonyl (C=O) groups excluding carboxylic acids is 2. The maximum atomic E-state index is 13.2. The molecule has 1 N–H and O–H groups in total. The van der Waals surface area contributed by atoms with Crippen LogP contribution in [0.25, 0.3) is 0 Å². The monoisotopic (exact) mass is 391 g/mol. The van der Waals surface area contributed by atoms with Crippen LogP contribution in [0, 0.1) is 6.92 Å². The van der Waals surface area contributed by atoms with E-state index in [4.69, 9.17) is 0 Å². The number of nitrogens with zero attached hydrogens (tertiary/aromatic N) is 2. The fourth-order valence-corrected chi connectivity index (χ4v) is 4.19. The number of likely N-dealkylation sites (tertiary alicyclic amines) is 1. The van der Waals surface area contributed by atoms with Gasteiger partial charge >= 0.3 is 0 Å². The highest BCUT2D eigenvalue weighted by Gasteiger charge is 2.25. The van der Waals surface area contributed by atoms with Crippen LogP contribution in [0.5, 0.6) is 0 Å². The van der Waals surface area contributed by atoms with Gasteiger partial charge in [0.2, 0.25) is 0 Å². The summed E-state index contributed by atoms with van der Waals surface area (Å²) in [7, 11) is 0. The third kappa shape index (κ3) is 4.44. The maximum absolute atomic E-state index is 13.2. The smallest absolute Gasteiger partial charge is 0.256 e. The predicted molar refractivity (Wildman–Crippen MR) is 117 cm³/mol.